The van der Waals surface area contributed by atoms with Crippen LogP contribution in [0.3, 0.4) is 0 Å². The highest BCUT2D eigenvalue weighted by atomic mass is 32.3. The largest absolute Gasteiger partial charge is 0.386 e. The van der Waals surface area contributed by atoms with E-state index in [2.05, 4.69) is 0 Å². The van der Waals surface area contributed by atoms with Crippen molar-refractivity contribution in [3.05, 3.63) is 0 Å². The Morgan fingerprint density at radius 1 is 1.08 bits per heavy atom. The summed E-state index contributed by atoms with van der Waals surface area (Å²) in [6, 6.07) is 0. The monoisotopic (exact) mass is 242 g/mol. The van der Waals surface area contributed by atoms with Gasteiger partial charge in [0.15, 0.2) is 0 Å². The first kappa shape index (κ1) is 11.7. The summed E-state index contributed by atoms with van der Waals surface area (Å²) in [6.07, 6.45) is 0. The van der Waals surface area contributed by atoms with Crippen LogP contribution in [0.15, 0.2) is 0 Å². The fraction of sp³-hybridized carbons (Fsp3) is 0. The molecule has 0 aliphatic carbocycles. The van der Waals surface area contributed by atoms with Crippen LogP contribution in [0.1, 0.15) is 0 Å². The van der Waals surface area contributed by atoms with Gasteiger partial charge in [-0.25, -0.2) is 8.42 Å². The normalized spacial score (nSPS) is 13.5. The molecule has 0 aromatic carbocycles. The molecule has 0 aliphatic heterocycles. The van der Waals surface area contributed by atoms with Gasteiger partial charge >= 0.3 is 20.6 Å². The second kappa shape index (κ2) is 3.61. The molecule has 0 atom stereocenters. The standard InChI is InChI=1S/FH3N2O6S3/c1-11(6,7)3-12(8,9)2-10(4)5/h3,10H,(H,2,4,5). The first-order valence-corrected chi connectivity index (χ1v) is 6.07. The zero-order chi connectivity index (χ0) is 9.99. The van der Waals surface area contributed by atoms with Gasteiger partial charge in [0.05, 0.1) is 0 Å². The Balaban J connectivity index is 4.69. The highest BCUT2D eigenvalue weighted by Gasteiger charge is 2.19. The minimum atomic E-state index is -5.50. The van der Waals surface area contributed by atoms with Crippen molar-refractivity contribution in [3.8, 4) is 0 Å². The van der Waals surface area contributed by atoms with Crippen LogP contribution in [-0.4, -0.2) is 25.3 Å². The van der Waals surface area contributed by atoms with Crippen LogP contribution in [0.5, 0.6) is 0 Å². The molecule has 0 saturated carbocycles. The van der Waals surface area contributed by atoms with Gasteiger partial charge < -0.3 is 0 Å². The maximum atomic E-state index is 11.6. The summed E-state index contributed by atoms with van der Waals surface area (Å²) in [5.74, 6) is 0. The Bertz CT molecular complexity index is 404. The molecule has 0 spiro atoms. The molecule has 0 aromatic rings. The quantitative estimate of drug-likeness (QED) is 0.360. The van der Waals surface area contributed by atoms with Gasteiger partial charge in [0.25, 0.3) is 0 Å². The van der Waals surface area contributed by atoms with Gasteiger partial charge in [-0.05, 0) is 0 Å². The summed E-state index contributed by atoms with van der Waals surface area (Å²) in [5.41, 5.74) is 0. The first-order chi connectivity index (χ1) is 5.12. The van der Waals surface area contributed by atoms with Gasteiger partial charge in [0.2, 0.25) is 10.9 Å². The molecule has 0 unspecified atom stereocenters. The fourth-order valence-electron chi connectivity index (χ4n) is 0.248. The minimum absolute atomic E-state index is 0.410. The lowest BCUT2D eigenvalue weighted by atomic mass is 13.8. The molecular weight excluding hydrogens is 239 g/mol. The van der Waals surface area contributed by atoms with Gasteiger partial charge in [0.1, 0.15) is 0 Å². The van der Waals surface area contributed by atoms with E-state index >= 15 is 0 Å². The Labute approximate surface area is 69.4 Å². The molecular formula is H3FN2O6S3. The van der Waals surface area contributed by atoms with E-state index in [-0.39, 0.29) is 0 Å². The SMILES string of the molecule is O=[SH](=O)NS(=O)(=O)NS(=O)(=O)F. The average molecular weight is 242 g/mol. The van der Waals surface area contributed by atoms with Gasteiger partial charge in [-0.3, -0.25) is 0 Å². The molecule has 0 aromatic heterocycles. The lowest BCUT2D eigenvalue weighted by Crippen LogP contribution is -2.37. The fourth-order valence-corrected chi connectivity index (χ4v) is 2.57. The summed E-state index contributed by atoms with van der Waals surface area (Å²) in [4.78, 5) is 0. The van der Waals surface area contributed by atoms with Crippen molar-refractivity contribution in [1.29, 1.82) is 0 Å². The zero-order valence-corrected chi connectivity index (χ0v) is 7.62. The number of hydrogen-bond acceptors (Lipinski definition) is 6. The number of rotatable bonds is 4. The van der Waals surface area contributed by atoms with Crippen molar-refractivity contribution < 1.29 is 29.1 Å². The summed E-state index contributed by atoms with van der Waals surface area (Å²) in [6.45, 7) is 0. The molecule has 0 saturated heterocycles. The van der Waals surface area contributed by atoms with Crippen molar-refractivity contribution in [2.75, 3.05) is 0 Å². The topological polar surface area (TPSA) is 126 Å². The number of nitrogens with one attached hydrogen (secondary N) is 2. The van der Waals surface area contributed by atoms with Crippen LogP contribution in [0.25, 0.3) is 0 Å². The highest BCUT2D eigenvalue weighted by molar-refractivity contribution is 8.05. The third-order valence-corrected chi connectivity index (χ3v) is 3.64. The Hall–Kier alpha value is -0.300. The lowest BCUT2D eigenvalue weighted by molar-refractivity contribution is 0.542. The zero-order valence-electron chi connectivity index (χ0n) is 5.09. The predicted molar refractivity (Wildman–Crippen MR) is 35.5 cm³/mol. The van der Waals surface area contributed by atoms with Crippen molar-refractivity contribution in [1.82, 2.24) is 8.25 Å². The summed E-state index contributed by atoms with van der Waals surface area (Å²) in [7, 11) is -14.0. The van der Waals surface area contributed by atoms with E-state index in [0.29, 0.717) is 4.13 Å². The van der Waals surface area contributed by atoms with Crippen LogP contribution in [0, 0.1) is 0 Å². The Kier molecular flexibility index (Phi) is 3.52. The Morgan fingerprint density at radius 3 is 1.75 bits per heavy atom. The van der Waals surface area contributed by atoms with Crippen LogP contribution in [-0.2, 0) is 31.5 Å². The van der Waals surface area contributed by atoms with Crippen LogP contribution in [0.4, 0.5) is 3.89 Å². The van der Waals surface area contributed by atoms with E-state index in [1.165, 1.54) is 0 Å². The van der Waals surface area contributed by atoms with Crippen molar-refractivity contribution in [2.24, 2.45) is 0 Å². The number of halogens is 1. The average Bonchev–Trinajstić information content (AvgIpc) is 1.48. The van der Waals surface area contributed by atoms with Gasteiger partial charge in [-0.15, -0.1) is 0 Å². The van der Waals surface area contributed by atoms with Crippen molar-refractivity contribution in [2.45, 2.75) is 0 Å². The maximum absolute atomic E-state index is 11.6. The van der Waals surface area contributed by atoms with Gasteiger partial charge in [0, 0.05) is 0 Å². The molecule has 0 bridgehead atoms. The first-order valence-electron chi connectivity index (χ1n) is 2.02. The molecule has 12 heteroatoms. The van der Waals surface area contributed by atoms with E-state index in [4.69, 9.17) is 0 Å². The lowest BCUT2D eigenvalue weighted by Gasteiger charge is -1.96. The smallest absolute Gasteiger partial charge is 0.214 e. The van der Waals surface area contributed by atoms with E-state index in [9.17, 15) is 29.1 Å². The number of thiol groups is 1. The van der Waals surface area contributed by atoms with Crippen molar-refractivity contribution >= 4 is 31.5 Å². The van der Waals surface area contributed by atoms with Crippen LogP contribution >= 0.6 is 0 Å². The molecule has 12 heavy (non-hydrogen) atoms. The van der Waals surface area contributed by atoms with E-state index in [1.807, 2.05) is 0 Å². The third kappa shape index (κ3) is 6.41. The maximum Gasteiger partial charge on any atom is 0.386 e. The molecule has 8 nitrogen and oxygen atoms in total. The molecule has 0 heterocycles. The molecule has 0 amide bonds. The molecule has 0 aliphatic rings. The molecule has 2 N–H and O–H groups in total. The van der Waals surface area contributed by atoms with Crippen molar-refractivity contribution in [3.63, 3.8) is 0 Å². The van der Waals surface area contributed by atoms with E-state index in [0.717, 1.165) is 4.13 Å². The van der Waals surface area contributed by atoms with Crippen LogP contribution < -0.4 is 8.25 Å². The second-order valence-corrected chi connectivity index (χ2v) is 5.17. The van der Waals surface area contributed by atoms with Crippen LogP contribution in [0.2, 0.25) is 0 Å². The third-order valence-electron chi connectivity index (χ3n) is 0.404. The minimum Gasteiger partial charge on any atom is -0.214 e. The molecule has 0 fully saturated rings. The highest BCUT2D eigenvalue weighted by Crippen LogP contribution is 1.86. The van der Waals surface area contributed by atoms with Gasteiger partial charge in [-0.1, -0.05) is 12.1 Å². The summed E-state index contributed by atoms with van der Waals surface area (Å²) >= 11 is 0. The number of hydrogen-bond donors (Lipinski definition) is 3. The molecule has 74 valence electrons. The molecule has 0 radical (unpaired) electrons. The second-order valence-electron chi connectivity index (χ2n) is 1.37. The molecule has 0 rings (SSSR count). The summed E-state index contributed by atoms with van der Waals surface area (Å²) < 4.78 is 71.9. The van der Waals surface area contributed by atoms with E-state index in [1.54, 1.807) is 0 Å². The van der Waals surface area contributed by atoms with E-state index < -0.39 is 31.5 Å². The summed E-state index contributed by atoms with van der Waals surface area (Å²) in [5, 5.41) is 0. The predicted octanol–water partition coefficient (Wildman–Crippen LogP) is -2.85. The van der Waals surface area contributed by atoms with Gasteiger partial charge in [-0.2, -0.15) is 16.8 Å². The Morgan fingerprint density at radius 2 is 1.50 bits per heavy atom.